The van der Waals surface area contributed by atoms with Gasteiger partial charge in [-0.1, -0.05) is 38.4 Å². The average molecular weight is 300 g/mol. The van der Waals surface area contributed by atoms with Gasteiger partial charge in [0, 0.05) is 22.3 Å². The smallest absolute Gasteiger partial charge is 0.0931 e. The van der Waals surface area contributed by atoms with Crippen LogP contribution in [0.5, 0.6) is 0 Å². The van der Waals surface area contributed by atoms with E-state index in [2.05, 4.69) is 49.7 Å². The minimum absolute atomic E-state index is 0.200. The summed E-state index contributed by atoms with van der Waals surface area (Å²) in [6.07, 6.45) is 0. The SMILES string of the molecule is CC(C)(C)[C@H](NCc1ccc(Cl)s1)c1cccs1. The molecular weight excluding hydrogens is 282 g/mol. The van der Waals surface area contributed by atoms with Gasteiger partial charge in [0.25, 0.3) is 0 Å². The molecule has 0 amide bonds. The summed E-state index contributed by atoms with van der Waals surface area (Å²) in [6.45, 7) is 7.68. The van der Waals surface area contributed by atoms with Crippen LogP contribution in [0.1, 0.15) is 36.6 Å². The lowest BCUT2D eigenvalue weighted by molar-refractivity contribution is 0.275. The third-order valence-electron chi connectivity index (χ3n) is 2.80. The fraction of sp³-hybridized carbons (Fsp3) is 0.429. The molecule has 4 heteroatoms. The molecule has 0 aliphatic carbocycles. The van der Waals surface area contributed by atoms with Crippen molar-refractivity contribution in [2.75, 3.05) is 0 Å². The topological polar surface area (TPSA) is 12.0 Å². The van der Waals surface area contributed by atoms with Crippen molar-refractivity contribution in [1.29, 1.82) is 0 Å². The zero-order valence-electron chi connectivity index (χ0n) is 10.9. The third-order valence-corrected chi connectivity index (χ3v) is 4.97. The summed E-state index contributed by atoms with van der Waals surface area (Å²) in [7, 11) is 0. The van der Waals surface area contributed by atoms with E-state index >= 15 is 0 Å². The Morgan fingerprint density at radius 2 is 2.06 bits per heavy atom. The lowest BCUT2D eigenvalue weighted by Gasteiger charge is -2.30. The molecule has 98 valence electrons. The molecule has 0 saturated carbocycles. The van der Waals surface area contributed by atoms with E-state index in [1.54, 1.807) is 11.3 Å². The lowest BCUT2D eigenvalue weighted by atomic mass is 9.86. The molecule has 0 saturated heterocycles. The second-order valence-corrected chi connectivity index (χ2v) is 8.18. The highest BCUT2D eigenvalue weighted by molar-refractivity contribution is 7.16. The van der Waals surface area contributed by atoms with Gasteiger partial charge in [0.15, 0.2) is 0 Å². The molecule has 0 aliphatic rings. The van der Waals surface area contributed by atoms with Crippen LogP contribution in [0.15, 0.2) is 29.6 Å². The van der Waals surface area contributed by atoms with Gasteiger partial charge in [-0.25, -0.2) is 0 Å². The Kier molecular flexibility index (Phi) is 4.49. The Bertz CT molecular complexity index is 482. The summed E-state index contributed by atoms with van der Waals surface area (Å²) in [5.74, 6) is 0. The quantitative estimate of drug-likeness (QED) is 0.803. The maximum atomic E-state index is 5.96. The maximum Gasteiger partial charge on any atom is 0.0931 e. The molecule has 0 aromatic carbocycles. The lowest BCUT2D eigenvalue weighted by Crippen LogP contribution is -2.31. The molecule has 1 atom stereocenters. The first-order valence-electron chi connectivity index (χ1n) is 5.98. The van der Waals surface area contributed by atoms with E-state index in [9.17, 15) is 0 Å². The van der Waals surface area contributed by atoms with Gasteiger partial charge in [0.05, 0.1) is 4.34 Å². The molecule has 2 aromatic heterocycles. The van der Waals surface area contributed by atoms with Gasteiger partial charge in [0.2, 0.25) is 0 Å². The molecule has 1 N–H and O–H groups in total. The second-order valence-electron chi connectivity index (χ2n) is 5.40. The molecule has 0 aliphatic heterocycles. The van der Waals surface area contributed by atoms with Crippen LogP contribution in [0.3, 0.4) is 0 Å². The normalized spacial score (nSPS) is 13.8. The number of hydrogen-bond donors (Lipinski definition) is 1. The fourth-order valence-corrected chi connectivity index (χ4v) is 4.02. The van der Waals surface area contributed by atoms with Crippen molar-refractivity contribution < 1.29 is 0 Å². The zero-order valence-corrected chi connectivity index (χ0v) is 13.3. The van der Waals surface area contributed by atoms with E-state index in [0.29, 0.717) is 6.04 Å². The van der Waals surface area contributed by atoms with Crippen LogP contribution in [0.4, 0.5) is 0 Å². The molecule has 1 nitrogen and oxygen atoms in total. The monoisotopic (exact) mass is 299 g/mol. The van der Waals surface area contributed by atoms with Crippen LogP contribution >= 0.6 is 34.3 Å². The van der Waals surface area contributed by atoms with Crippen LogP contribution in [0.2, 0.25) is 4.34 Å². The number of rotatable bonds is 4. The summed E-state index contributed by atoms with van der Waals surface area (Å²) < 4.78 is 0.857. The number of halogens is 1. The fourth-order valence-electron chi connectivity index (χ4n) is 1.94. The van der Waals surface area contributed by atoms with Crippen LogP contribution in [-0.2, 0) is 6.54 Å². The standard InChI is InChI=1S/C14H18ClNS2/c1-14(2,3)13(11-5-4-8-17-11)16-9-10-6-7-12(15)18-10/h4-8,13,16H,9H2,1-3H3/t13-/m1/s1. The first kappa shape index (κ1) is 14.1. The predicted octanol–water partition coefficient (Wildman–Crippen LogP) is 5.34. The highest BCUT2D eigenvalue weighted by atomic mass is 35.5. The molecule has 0 fully saturated rings. The molecule has 0 bridgehead atoms. The van der Waals surface area contributed by atoms with E-state index in [1.165, 1.54) is 9.75 Å². The van der Waals surface area contributed by atoms with Crippen molar-refractivity contribution in [2.45, 2.75) is 33.4 Å². The Morgan fingerprint density at radius 3 is 2.56 bits per heavy atom. The van der Waals surface area contributed by atoms with Gasteiger partial charge in [-0.05, 0) is 29.0 Å². The van der Waals surface area contributed by atoms with E-state index < -0.39 is 0 Å². The summed E-state index contributed by atoms with van der Waals surface area (Å²) in [5, 5.41) is 5.79. The van der Waals surface area contributed by atoms with Crippen molar-refractivity contribution in [1.82, 2.24) is 5.32 Å². The molecule has 2 heterocycles. The van der Waals surface area contributed by atoms with Crippen molar-refractivity contribution in [3.05, 3.63) is 43.7 Å². The van der Waals surface area contributed by atoms with E-state index in [0.717, 1.165) is 10.9 Å². The van der Waals surface area contributed by atoms with Crippen molar-refractivity contribution >= 4 is 34.3 Å². The molecule has 0 radical (unpaired) electrons. The van der Waals surface area contributed by atoms with Gasteiger partial charge >= 0.3 is 0 Å². The molecule has 0 unspecified atom stereocenters. The van der Waals surface area contributed by atoms with Gasteiger partial charge < -0.3 is 5.32 Å². The summed E-state index contributed by atoms with van der Waals surface area (Å²) in [5.41, 5.74) is 0.200. The number of thiophene rings is 2. The largest absolute Gasteiger partial charge is 0.304 e. The number of nitrogens with one attached hydrogen (secondary N) is 1. The first-order valence-corrected chi connectivity index (χ1v) is 8.05. The maximum absolute atomic E-state index is 5.96. The molecule has 2 rings (SSSR count). The van der Waals surface area contributed by atoms with Crippen LogP contribution in [-0.4, -0.2) is 0 Å². The Balaban J connectivity index is 2.07. The number of hydrogen-bond acceptors (Lipinski definition) is 3. The summed E-state index contributed by atoms with van der Waals surface area (Å²) >= 11 is 9.41. The minimum Gasteiger partial charge on any atom is -0.304 e. The van der Waals surface area contributed by atoms with Gasteiger partial charge in [-0.2, -0.15) is 0 Å². The Labute approximate surface area is 122 Å². The van der Waals surface area contributed by atoms with E-state index in [-0.39, 0.29) is 5.41 Å². The van der Waals surface area contributed by atoms with Gasteiger partial charge in [0.1, 0.15) is 0 Å². The van der Waals surface area contributed by atoms with Crippen molar-refractivity contribution in [3.63, 3.8) is 0 Å². The highest BCUT2D eigenvalue weighted by Gasteiger charge is 2.26. The minimum atomic E-state index is 0.200. The van der Waals surface area contributed by atoms with Crippen LogP contribution < -0.4 is 5.32 Å². The van der Waals surface area contributed by atoms with Crippen molar-refractivity contribution in [2.24, 2.45) is 5.41 Å². The zero-order chi connectivity index (χ0) is 13.2. The van der Waals surface area contributed by atoms with Crippen molar-refractivity contribution in [3.8, 4) is 0 Å². The summed E-state index contributed by atoms with van der Waals surface area (Å²) in [4.78, 5) is 2.68. The Morgan fingerprint density at radius 1 is 1.28 bits per heavy atom. The average Bonchev–Trinajstić information content (AvgIpc) is 2.88. The van der Waals surface area contributed by atoms with E-state index in [1.807, 2.05) is 17.4 Å². The predicted molar refractivity (Wildman–Crippen MR) is 82.7 cm³/mol. The highest BCUT2D eigenvalue weighted by Crippen LogP contribution is 2.35. The second kappa shape index (κ2) is 5.74. The van der Waals surface area contributed by atoms with Gasteiger partial charge in [-0.3, -0.25) is 0 Å². The molecule has 2 aromatic rings. The third kappa shape index (κ3) is 3.58. The van der Waals surface area contributed by atoms with Gasteiger partial charge in [-0.15, -0.1) is 22.7 Å². The molecular formula is C14H18ClNS2. The van der Waals surface area contributed by atoms with Crippen LogP contribution in [0, 0.1) is 5.41 Å². The van der Waals surface area contributed by atoms with E-state index in [4.69, 9.17) is 11.6 Å². The van der Waals surface area contributed by atoms with Crippen LogP contribution in [0.25, 0.3) is 0 Å². The summed E-state index contributed by atoms with van der Waals surface area (Å²) in [6, 6.07) is 8.74. The first-order chi connectivity index (χ1) is 8.47. The molecule has 18 heavy (non-hydrogen) atoms. The Hall–Kier alpha value is -0.350. The molecule has 0 spiro atoms.